The molecule has 0 bridgehead atoms. The van der Waals surface area contributed by atoms with Gasteiger partial charge in [0.05, 0.1) is 11.9 Å². The Morgan fingerprint density at radius 1 is 1.55 bits per heavy atom. The van der Waals surface area contributed by atoms with Crippen molar-refractivity contribution in [2.24, 2.45) is 0 Å². The maximum atomic E-state index is 13.7. The van der Waals surface area contributed by atoms with Crippen LogP contribution in [0.1, 0.15) is 19.3 Å². The standard InChI is InChI=1S/C11H13F4N3O2/c12-8(13)6-18-5-7(4-16-18)17-9(19)11(14,15)10(20)2-1-3-10/h4-5,8,20H,1-3,6H2,(H,17,19). The molecule has 0 aliphatic heterocycles. The van der Waals surface area contributed by atoms with Gasteiger partial charge in [0.2, 0.25) is 0 Å². The molecule has 20 heavy (non-hydrogen) atoms. The Kier molecular flexibility index (Phi) is 3.72. The summed E-state index contributed by atoms with van der Waals surface area (Å²) in [6.07, 6.45) is -0.524. The zero-order valence-corrected chi connectivity index (χ0v) is 10.3. The van der Waals surface area contributed by atoms with E-state index in [4.69, 9.17) is 0 Å². The quantitative estimate of drug-likeness (QED) is 0.811. The summed E-state index contributed by atoms with van der Waals surface area (Å²) in [6.45, 7) is -0.698. The summed E-state index contributed by atoms with van der Waals surface area (Å²) in [5, 5.41) is 15.0. The highest BCUT2D eigenvalue weighted by Gasteiger charge is 2.61. The van der Waals surface area contributed by atoms with Gasteiger partial charge in [0, 0.05) is 6.20 Å². The smallest absolute Gasteiger partial charge is 0.352 e. The van der Waals surface area contributed by atoms with Crippen molar-refractivity contribution in [1.82, 2.24) is 9.78 Å². The number of rotatable bonds is 5. The second-order valence-corrected chi connectivity index (χ2v) is 4.76. The molecule has 1 aliphatic carbocycles. The van der Waals surface area contributed by atoms with Crippen LogP contribution in [0.25, 0.3) is 0 Å². The molecule has 1 fully saturated rings. The lowest BCUT2D eigenvalue weighted by Gasteiger charge is -2.41. The Morgan fingerprint density at radius 3 is 2.70 bits per heavy atom. The van der Waals surface area contributed by atoms with Gasteiger partial charge in [-0.05, 0) is 19.3 Å². The molecule has 0 radical (unpaired) electrons. The summed E-state index contributed by atoms with van der Waals surface area (Å²) in [7, 11) is 0. The molecule has 2 N–H and O–H groups in total. The first-order chi connectivity index (χ1) is 9.24. The number of aliphatic hydroxyl groups is 1. The maximum Gasteiger partial charge on any atom is 0.352 e. The lowest BCUT2D eigenvalue weighted by molar-refractivity contribution is -0.212. The van der Waals surface area contributed by atoms with E-state index in [1.54, 1.807) is 0 Å². The number of aromatic nitrogens is 2. The van der Waals surface area contributed by atoms with Gasteiger partial charge in [-0.1, -0.05) is 0 Å². The molecule has 0 unspecified atom stereocenters. The summed E-state index contributed by atoms with van der Waals surface area (Å²) in [5.41, 5.74) is -2.45. The highest BCUT2D eigenvalue weighted by molar-refractivity contribution is 5.97. The number of hydrogen-bond donors (Lipinski definition) is 2. The average Bonchev–Trinajstić information content (AvgIpc) is 2.72. The molecule has 5 nitrogen and oxygen atoms in total. The van der Waals surface area contributed by atoms with E-state index in [1.165, 1.54) is 0 Å². The monoisotopic (exact) mass is 295 g/mol. The minimum absolute atomic E-state index is 0.127. The van der Waals surface area contributed by atoms with Crippen molar-refractivity contribution in [3.8, 4) is 0 Å². The molecule has 0 aromatic carbocycles. The zero-order valence-electron chi connectivity index (χ0n) is 10.3. The van der Waals surface area contributed by atoms with E-state index in [9.17, 15) is 27.5 Å². The van der Waals surface area contributed by atoms with Gasteiger partial charge < -0.3 is 10.4 Å². The lowest BCUT2D eigenvalue weighted by Crippen LogP contribution is -2.59. The first-order valence-corrected chi connectivity index (χ1v) is 5.97. The fourth-order valence-electron chi connectivity index (χ4n) is 1.92. The van der Waals surface area contributed by atoms with Crippen LogP contribution in [0, 0.1) is 0 Å². The molecular weight excluding hydrogens is 282 g/mol. The fourth-order valence-corrected chi connectivity index (χ4v) is 1.92. The Bertz CT molecular complexity index is 500. The summed E-state index contributed by atoms with van der Waals surface area (Å²) in [5.74, 6) is -5.60. The molecule has 1 heterocycles. The van der Waals surface area contributed by atoms with E-state index >= 15 is 0 Å². The molecule has 0 saturated heterocycles. The van der Waals surface area contributed by atoms with Crippen LogP contribution in [0.15, 0.2) is 12.4 Å². The van der Waals surface area contributed by atoms with Crippen LogP contribution in [-0.2, 0) is 11.3 Å². The molecule has 1 aromatic heterocycles. The van der Waals surface area contributed by atoms with E-state index in [1.807, 2.05) is 5.32 Å². The number of carbonyl (C=O) groups excluding carboxylic acids is 1. The summed E-state index contributed by atoms with van der Waals surface area (Å²) in [4.78, 5) is 11.5. The number of alkyl halides is 4. The second kappa shape index (κ2) is 5.04. The Balaban J connectivity index is 2.02. The Morgan fingerprint density at radius 2 is 2.20 bits per heavy atom. The van der Waals surface area contributed by atoms with Gasteiger partial charge >= 0.3 is 5.92 Å². The molecule has 1 amide bonds. The highest BCUT2D eigenvalue weighted by atomic mass is 19.3. The van der Waals surface area contributed by atoms with Crippen LogP contribution < -0.4 is 5.32 Å². The number of nitrogens with one attached hydrogen (secondary N) is 1. The molecule has 112 valence electrons. The summed E-state index contributed by atoms with van der Waals surface area (Å²) < 4.78 is 52.5. The van der Waals surface area contributed by atoms with Gasteiger partial charge in [0.1, 0.15) is 12.1 Å². The van der Waals surface area contributed by atoms with Gasteiger partial charge in [-0.25, -0.2) is 8.78 Å². The first-order valence-electron chi connectivity index (χ1n) is 5.97. The Hall–Kier alpha value is -1.64. The van der Waals surface area contributed by atoms with Crippen LogP contribution in [0.2, 0.25) is 0 Å². The van der Waals surface area contributed by atoms with E-state index in [0.29, 0.717) is 6.42 Å². The second-order valence-electron chi connectivity index (χ2n) is 4.76. The third kappa shape index (κ3) is 2.62. The fraction of sp³-hybridized carbons (Fsp3) is 0.636. The molecule has 1 saturated carbocycles. The van der Waals surface area contributed by atoms with Gasteiger partial charge in [-0.2, -0.15) is 13.9 Å². The molecule has 1 aliphatic rings. The van der Waals surface area contributed by atoms with Crippen LogP contribution in [0.4, 0.5) is 23.2 Å². The Labute approximate surface area is 111 Å². The SMILES string of the molecule is O=C(Nc1cnn(CC(F)F)c1)C(F)(F)C1(O)CCC1. The van der Waals surface area contributed by atoms with Crippen molar-refractivity contribution >= 4 is 11.6 Å². The number of amides is 1. The minimum Gasteiger partial charge on any atom is -0.383 e. The van der Waals surface area contributed by atoms with Crippen molar-refractivity contribution < 1.29 is 27.5 Å². The van der Waals surface area contributed by atoms with E-state index in [0.717, 1.165) is 17.1 Å². The van der Waals surface area contributed by atoms with Gasteiger partial charge in [0.15, 0.2) is 0 Å². The number of carbonyl (C=O) groups is 1. The largest absolute Gasteiger partial charge is 0.383 e. The number of anilines is 1. The number of hydrogen-bond acceptors (Lipinski definition) is 3. The molecular formula is C11H13F4N3O2. The molecule has 0 atom stereocenters. The predicted molar refractivity (Wildman–Crippen MR) is 60.6 cm³/mol. The van der Waals surface area contributed by atoms with E-state index in [-0.39, 0.29) is 18.5 Å². The van der Waals surface area contributed by atoms with Gasteiger partial charge in [0.25, 0.3) is 12.3 Å². The molecule has 9 heteroatoms. The van der Waals surface area contributed by atoms with Gasteiger partial charge in [-0.3, -0.25) is 9.48 Å². The van der Waals surface area contributed by atoms with Crippen LogP contribution in [0.5, 0.6) is 0 Å². The van der Waals surface area contributed by atoms with Crippen molar-refractivity contribution in [2.45, 2.75) is 43.8 Å². The summed E-state index contributed by atoms with van der Waals surface area (Å²) >= 11 is 0. The van der Waals surface area contributed by atoms with Crippen molar-refractivity contribution in [3.63, 3.8) is 0 Å². The highest BCUT2D eigenvalue weighted by Crippen LogP contribution is 2.44. The van der Waals surface area contributed by atoms with Crippen LogP contribution in [-0.4, -0.2) is 38.7 Å². The van der Waals surface area contributed by atoms with Crippen LogP contribution in [0.3, 0.4) is 0 Å². The average molecular weight is 295 g/mol. The minimum atomic E-state index is -3.93. The normalized spacial score (nSPS) is 17.9. The first kappa shape index (κ1) is 14.8. The van der Waals surface area contributed by atoms with Crippen molar-refractivity contribution in [1.29, 1.82) is 0 Å². The third-order valence-electron chi connectivity index (χ3n) is 3.27. The molecule has 2 rings (SSSR count). The lowest BCUT2D eigenvalue weighted by atomic mass is 9.75. The van der Waals surface area contributed by atoms with Gasteiger partial charge in [-0.15, -0.1) is 0 Å². The number of halogens is 4. The predicted octanol–water partition coefficient (Wildman–Crippen LogP) is 1.64. The van der Waals surface area contributed by atoms with Crippen molar-refractivity contribution in [2.75, 3.05) is 5.32 Å². The topological polar surface area (TPSA) is 67.2 Å². The van der Waals surface area contributed by atoms with E-state index in [2.05, 4.69) is 5.10 Å². The zero-order chi connectivity index (χ0) is 15.0. The maximum absolute atomic E-state index is 13.7. The summed E-state index contributed by atoms with van der Waals surface area (Å²) in [6, 6.07) is 0. The molecule has 1 aromatic rings. The number of nitrogens with zero attached hydrogens (tertiary/aromatic N) is 2. The van der Waals surface area contributed by atoms with E-state index < -0.39 is 30.4 Å². The van der Waals surface area contributed by atoms with Crippen molar-refractivity contribution in [3.05, 3.63) is 12.4 Å². The van der Waals surface area contributed by atoms with Crippen LogP contribution >= 0.6 is 0 Å². The third-order valence-corrected chi connectivity index (χ3v) is 3.27. The molecule has 0 spiro atoms.